The number of rotatable bonds is 2. The zero-order valence-corrected chi connectivity index (χ0v) is 11.4. The van der Waals surface area contributed by atoms with Crippen molar-refractivity contribution in [3.05, 3.63) is 69.4 Å². The van der Waals surface area contributed by atoms with Crippen LogP contribution in [0.2, 0.25) is 0 Å². The molecule has 0 saturated carbocycles. The first kappa shape index (κ1) is 14.7. The average Bonchev–Trinajstić information content (AvgIpc) is 2.40. The summed E-state index contributed by atoms with van der Waals surface area (Å²) >= 11 is 2.93. The number of benzene rings is 2. The minimum Gasteiger partial charge on any atom is -0.289 e. The van der Waals surface area contributed by atoms with E-state index in [0.717, 1.165) is 24.3 Å². The summed E-state index contributed by atoms with van der Waals surface area (Å²) in [7, 11) is 0. The van der Waals surface area contributed by atoms with Crippen LogP contribution in [0.15, 0.2) is 46.9 Å². The number of halogens is 5. The molecule has 0 unspecified atom stereocenters. The van der Waals surface area contributed by atoms with Crippen molar-refractivity contribution in [2.24, 2.45) is 0 Å². The van der Waals surface area contributed by atoms with Gasteiger partial charge in [-0.3, -0.25) is 4.79 Å². The van der Waals surface area contributed by atoms with Gasteiger partial charge in [-0.2, -0.15) is 13.2 Å². The molecule has 0 heterocycles. The van der Waals surface area contributed by atoms with E-state index in [9.17, 15) is 22.4 Å². The van der Waals surface area contributed by atoms with Crippen LogP contribution >= 0.6 is 15.9 Å². The van der Waals surface area contributed by atoms with E-state index in [2.05, 4.69) is 15.9 Å². The summed E-state index contributed by atoms with van der Waals surface area (Å²) in [5.74, 6) is -1.15. The minimum absolute atomic E-state index is 0.0790. The maximum Gasteiger partial charge on any atom is 0.416 e. The lowest BCUT2D eigenvalue weighted by Gasteiger charge is -2.08. The van der Waals surface area contributed by atoms with E-state index in [1.807, 2.05) is 0 Å². The van der Waals surface area contributed by atoms with Crippen LogP contribution in [0.5, 0.6) is 0 Å². The topological polar surface area (TPSA) is 17.1 Å². The number of carbonyl (C=O) groups excluding carboxylic acids is 1. The maximum atomic E-state index is 13.1. The molecular weight excluding hydrogens is 340 g/mol. The molecule has 2 rings (SSSR count). The molecule has 0 amide bonds. The second-order valence-electron chi connectivity index (χ2n) is 4.04. The van der Waals surface area contributed by atoms with Crippen LogP contribution in [0.3, 0.4) is 0 Å². The lowest BCUT2D eigenvalue weighted by molar-refractivity contribution is -0.137. The molecule has 0 atom stereocenters. The Morgan fingerprint density at radius 2 is 1.65 bits per heavy atom. The van der Waals surface area contributed by atoms with Gasteiger partial charge in [0.1, 0.15) is 5.82 Å². The summed E-state index contributed by atoms with van der Waals surface area (Å²) in [5, 5.41) is 0. The highest BCUT2D eigenvalue weighted by Crippen LogP contribution is 2.30. The average molecular weight is 347 g/mol. The zero-order chi connectivity index (χ0) is 14.9. The van der Waals surface area contributed by atoms with E-state index in [1.54, 1.807) is 0 Å². The lowest BCUT2D eigenvalue weighted by atomic mass is 10.0. The molecule has 0 radical (unpaired) electrons. The summed E-state index contributed by atoms with van der Waals surface area (Å²) in [4.78, 5) is 12.1. The molecule has 0 aliphatic rings. The molecule has 0 fully saturated rings. The molecule has 0 N–H and O–H groups in total. The molecule has 2 aromatic rings. The summed E-state index contributed by atoms with van der Waals surface area (Å²) in [5.41, 5.74) is -0.888. The fourth-order valence-corrected chi connectivity index (χ4v) is 2.02. The van der Waals surface area contributed by atoms with Crippen molar-refractivity contribution in [1.82, 2.24) is 0 Å². The Morgan fingerprint density at radius 3 is 2.25 bits per heavy atom. The van der Waals surface area contributed by atoms with Gasteiger partial charge in [-0.05, 0) is 46.3 Å². The van der Waals surface area contributed by atoms with Crippen molar-refractivity contribution in [3.63, 3.8) is 0 Å². The molecule has 0 bridgehead atoms. The Bertz CT molecular complexity index is 664. The Balaban J connectivity index is 2.41. The van der Waals surface area contributed by atoms with Gasteiger partial charge in [0, 0.05) is 11.1 Å². The molecule has 0 aliphatic heterocycles. The van der Waals surface area contributed by atoms with Gasteiger partial charge in [0.25, 0.3) is 0 Å². The van der Waals surface area contributed by atoms with Crippen LogP contribution in [0, 0.1) is 5.82 Å². The van der Waals surface area contributed by atoms with Gasteiger partial charge in [-0.1, -0.05) is 12.1 Å². The Morgan fingerprint density at radius 1 is 1.00 bits per heavy atom. The van der Waals surface area contributed by atoms with Gasteiger partial charge in [-0.25, -0.2) is 4.39 Å². The molecule has 104 valence electrons. The normalized spacial score (nSPS) is 11.4. The van der Waals surface area contributed by atoms with E-state index < -0.39 is 23.3 Å². The summed E-state index contributed by atoms with van der Waals surface area (Å²) in [6.45, 7) is 0. The molecule has 0 aromatic heterocycles. The zero-order valence-electron chi connectivity index (χ0n) is 9.84. The second kappa shape index (κ2) is 5.36. The second-order valence-corrected chi connectivity index (χ2v) is 4.89. The highest BCUT2D eigenvalue weighted by Gasteiger charge is 2.31. The molecule has 2 aromatic carbocycles. The van der Waals surface area contributed by atoms with Crippen molar-refractivity contribution in [2.75, 3.05) is 0 Å². The van der Waals surface area contributed by atoms with E-state index in [4.69, 9.17) is 0 Å². The van der Waals surface area contributed by atoms with Crippen LogP contribution in [-0.2, 0) is 6.18 Å². The van der Waals surface area contributed by atoms with Crippen LogP contribution in [0.25, 0.3) is 0 Å². The van der Waals surface area contributed by atoms with Crippen molar-refractivity contribution in [3.8, 4) is 0 Å². The third-order valence-electron chi connectivity index (χ3n) is 2.63. The summed E-state index contributed by atoms with van der Waals surface area (Å²) in [6, 6.07) is 7.64. The van der Waals surface area contributed by atoms with E-state index in [-0.39, 0.29) is 15.6 Å². The van der Waals surface area contributed by atoms with Crippen LogP contribution in [0.1, 0.15) is 21.5 Å². The van der Waals surface area contributed by atoms with Crippen molar-refractivity contribution < 1.29 is 22.4 Å². The van der Waals surface area contributed by atoms with Gasteiger partial charge >= 0.3 is 6.18 Å². The number of hydrogen-bond donors (Lipinski definition) is 0. The Labute approximate surface area is 120 Å². The van der Waals surface area contributed by atoms with E-state index in [0.29, 0.717) is 0 Å². The first-order chi connectivity index (χ1) is 9.29. The predicted molar refractivity (Wildman–Crippen MR) is 69.0 cm³/mol. The smallest absolute Gasteiger partial charge is 0.289 e. The number of ketones is 1. The third kappa shape index (κ3) is 3.07. The first-order valence-corrected chi connectivity index (χ1v) is 6.25. The van der Waals surface area contributed by atoms with Crippen LogP contribution in [0.4, 0.5) is 17.6 Å². The lowest BCUT2D eigenvalue weighted by Crippen LogP contribution is -2.08. The van der Waals surface area contributed by atoms with Crippen LogP contribution < -0.4 is 0 Å². The van der Waals surface area contributed by atoms with Crippen molar-refractivity contribution in [1.29, 1.82) is 0 Å². The first-order valence-electron chi connectivity index (χ1n) is 5.46. The van der Waals surface area contributed by atoms with Gasteiger partial charge < -0.3 is 0 Å². The molecule has 0 aliphatic carbocycles. The molecule has 0 saturated heterocycles. The van der Waals surface area contributed by atoms with Gasteiger partial charge in [0.05, 0.1) is 10.0 Å². The minimum atomic E-state index is -4.51. The van der Waals surface area contributed by atoms with E-state index in [1.165, 1.54) is 18.2 Å². The highest BCUT2D eigenvalue weighted by atomic mass is 79.9. The van der Waals surface area contributed by atoms with Gasteiger partial charge in [0.2, 0.25) is 0 Å². The van der Waals surface area contributed by atoms with Gasteiger partial charge in [-0.15, -0.1) is 0 Å². The third-order valence-corrected chi connectivity index (χ3v) is 3.24. The molecular formula is C14H7BrF4O. The molecule has 0 spiro atoms. The highest BCUT2D eigenvalue weighted by molar-refractivity contribution is 9.10. The Kier molecular flexibility index (Phi) is 3.94. The van der Waals surface area contributed by atoms with Gasteiger partial charge in [0.15, 0.2) is 5.78 Å². The monoisotopic (exact) mass is 346 g/mol. The standard InChI is InChI=1S/C14H7BrF4O/c15-11-7-9(4-5-12(11)16)13(20)8-2-1-3-10(6-8)14(17,18)19/h1-7H. The number of carbonyl (C=O) groups is 1. The van der Waals surface area contributed by atoms with Crippen molar-refractivity contribution in [2.45, 2.75) is 6.18 Å². The Hall–Kier alpha value is -1.69. The molecule has 20 heavy (non-hydrogen) atoms. The predicted octanol–water partition coefficient (Wildman–Crippen LogP) is 4.84. The molecule has 6 heteroatoms. The van der Waals surface area contributed by atoms with Crippen molar-refractivity contribution >= 4 is 21.7 Å². The number of hydrogen-bond acceptors (Lipinski definition) is 1. The largest absolute Gasteiger partial charge is 0.416 e. The summed E-state index contributed by atoms with van der Waals surface area (Å²) < 4.78 is 50.9. The SMILES string of the molecule is O=C(c1cccc(C(F)(F)F)c1)c1ccc(F)c(Br)c1. The molecule has 1 nitrogen and oxygen atoms in total. The fourth-order valence-electron chi connectivity index (χ4n) is 1.64. The van der Waals surface area contributed by atoms with Crippen LogP contribution in [-0.4, -0.2) is 5.78 Å². The maximum absolute atomic E-state index is 13.1. The number of alkyl halides is 3. The van der Waals surface area contributed by atoms with E-state index >= 15 is 0 Å². The fraction of sp³-hybridized carbons (Fsp3) is 0.0714. The summed E-state index contributed by atoms with van der Waals surface area (Å²) in [6.07, 6.45) is -4.51. The quantitative estimate of drug-likeness (QED) is 0.561.